The summed E-state index contributed by atoms with van der Waals surface area (Å²) in [5, 5.41) is 1.02. The van der Waals surface area contributed by atoms with Crippen LogP contribution in [0.15, 0.2) is 65.1 Å². The third-order valence-electron chi connectivity index (χ3n) is 4.01. The van der Waals surface area contributed by atoms with Crippen molar-refractivity contribution in [3.63, 3.8) is 0 Å². The van der Waals surface area contributed by atoms with Crippen LogP contribution in [0, 0.1) is 19.3 Å². The number of aryl methyl sites for hydroxylation is 1. The summed E-state index contributed by atoms with van der Waals surface area (Å²) in [4.78, 5) is 3.42. The predicted octanol–water partition coefficient (Wildman–Crippen LogP) is 5.38. The van der Waals surface area contributed by atoms with Crippen molar-refractivity contribution >= 4 is 11.0 Å². The summed E-state index contributed by atoms with van der Waals surface area (Å²) in [5.41, 5.74) is 5.95. The van der Waals surface area contributed by atoms with Crippen LogP contribution in [0.4, 0.5) is 0 Å². The van der Waals surface area contributed by atoms with Crippen LogP contribution < -0.4 is 0 Å². The van der Waals surface area contributed by atoms with Crippen LogP contribution in [0.5, 0.6) is 0 Å². The first-order valence-electron chi connectivity index (χ1n) is 7.50. The number of fused-ring (bicyclic) bond motifs is 1. The largest absolute Gasteiger partial charge is 0.453 e. The van der Waals surface area contributed by atoms with Gasteiger partial charge in [0, 0.05) is 11.1 Å². The molecule has 0 saturated carbocycles. The Morgan fingerprint density at radius 2 is 1.74 bits per heavy atom. The van der Waals surface area contributed by atoms with E-state index in [4.69, 9.17) is 10.8 Å². The zero-order valence-corrected chi connectivity index (χ0v) is 12.8. The molecule has 0 aliphatic carbocycles. The number of hydrogen-bond donors (Lipinski definition) is 1. The number of para-hydroxylation sites is 1. The lowest BCUT2D eigenvalue weighted by Gasteiger charge is -1.99. The number of rotatable bonds is 2. The Morgan fingerprint density at radius 1 is 0.957 bits per heavy atom. The van der Waals surface area contributed by atoms with Crippen molar-refractivity contribution in [2.75, 3.05) is 0 Å². The maximum absolute atomic E-state index is 5.97. The van der Waals surface area contributed by atoms with Gasteiger partial charge in [0.15, 0.2) is 5.76 Å². The van der Waals surface area contributed by atoms with Crippen LogP contribution >= 0.6 is 0 Å². The minimum atomic E-state index is 0.761. The highest BCUT2D eigenvalue weighted by molar-refractivity contribution is 5.87. The molecule has 2 heteroatoms. The number of aromatic nitrogens is 1. The molecule has 0 saturated heterocycles. The van der Waals surface area contributed by atoms with E-state index in [1.165, 1.54) is 5.56 Å². The average molecular weight is 297 g/mol. The fraction of sp³-hybridized carbons (Fsp3) is 0.0476. The number of hydrogen-bond acceptors (Lipinski definition) is 1. The summed E-state index contributed by atoms with van der Waals surface area (Å²) in [5.74, 6) is 3.46. The Hall–Kier alpha value is -3.18. The van der Waals surface area contributed by atoms with Gasteiger partial charge in [0.25, 0.3) is 0 Å². The highest BCUT2D eigenvalue weighted by atomic mass is 16.3. The molecule has 2 heterocycles. The molecule has 4 aromatic rings. The van der Waals surface area contributed by atoms with Gasteiger partial charge in [0.05, 0.1) is 11.3 Å². The molecule has 2 aromatic carbocycles. The Balaban J connectivity index is 1.77. The van der Waals surface area contributed by atoms with E-state index in [1.807, 2.05) is 30.3 Å². The zero-order valence-electron chi connectivity index (χ0n) is 12.8. The van der Waals surface area contributed by atoms with Gasteiger partial charge in [-0.05, 0) is 36.8 Å². The van der Waals surface area contributed by atoms with Crippen molar-refractivity contribution < 1.29 is 4.42 Å². The molecular weight excluding hydrogens is 282 g/mol. The van der Waals surface area contributed by atoms with Crippen LogP contribution in [0.2, 0.25) is 0 Å². The maximum atomic E-state index is 5.97. The highest BCUT2D eigenvalue weighted by Gasteiger charge is 2.11. The molecule has 0 amide bonds. The Labute approximate surface area is 134 Å². The first-order chi connectivity index (χ1) is 11.2. The van der Waals surface area contributed by atoms with Crippen molar-refractivity contribution in [3.05, 3.63) is 71.8 Å². The summed E-state index contributed by atoms with van der Waals surface area (Å²) in [6.45, 7) is 2.08. The molecule has 0 aliphatic heterocycles. The smallest absolute Gasteiger partial charge is 0.151 e. The maximum Gasteiger partial charge on any atom is 0.151 e. The molecule has 2 aromatic heterocycles. The quantitative estimate of drug-likeness (QED) is 0.494. The molecule has 2 nitrogen and oxygen atoms in total. The molecule has 110 valence electrons. The fourth-order valence-electron chi connectivity index (χ4n) is 2.75. The second-order valence-electron chi connectivity index (χ2n) is 5.63. The SMILES string of the molecule is C#Cc1cccc2cc(-c3ccc(-c4ccc(C)cc4)[nH]3)oc12. The van der Waals surface area contributed by atoms with E-state index in [9.17, 15) is 0 Å². The van der Waals surface area contributed by atoms with E-state index in [0.717, 1.165) is 39.2 Å². The summed E-state index contributed by atoms with van der Waals surface area (Å²) in [6.07, 6.45) is 5.54. The second-order valence-corrected chi connectivity index (χ2v) is 5.63. The standard InChI is InChI=1S/C21H15NO/c1-3-15-5-4-6-17-13-20(23-21(15)17)19-12-11-18(22-19)16-9-7-14(2)8-10-16/h1,4-13,22H,2H3. The molecule has 0 radical (unpaired) electrons. The van der Waals surface area contributed by atoms with Crippen molar-refractivity contribution in [2.24, 2.45) is 0 Å². The minimum Gasteiger partial charge on any atom is -0.453 e. The molecule has 0 atom stereocenters. The van der Waals surface area contributed by atoms with Crippen molar-refractivity contribution in [2.45, 2.75) is 6.92 Å². The molecular formula is C21H15NO. The first kappa shape index (κ1) is 13.5. The molecule has 1 N–H and O–H groups in total. The summed E-state index contributed by atoms with van der Waals surface area (Å²) >= 11 is 0. The summed E-state index contributed by atoms with van der Waals surface area (Å²) < 4.78 is 5.97. The van der Waals surface area contributed by atoms with Gasteiger partial charge < -0.3 is 9.40 Å². The second kappa shape index (κ2) is 5.23. The molecule has 0 bridgehead atoms. The average Bonchev–Trinajstić information content (AvgIpc) is 3.21. The number of H-pyrrole nitrogens is 1. The van der Waals surface area contributed by atoms with E-state index in [1.54, 1.807) is 0 Å². The van der Waals surface area contributed by atoms with E-state index >= 15 is 0 Å². The fourth-order valence-corrected chi connectivity index (χ4v) is 2.75. The lowest BCUT2D eigenvalue weighted by atomic mass is 10.1. The van der Waals surface area contributed by atoms with E-state index in [2.05, 4.69) is 48.2 Å². The monoisotopic (exact) mass is 297 g/mol. The molecule has 0 fully saturated rings. The van der Waals surface area contributed by atoms with Gasteiger partial charge in [-0.25, -0.2) is 0 Å². The Morgan fingerprint density at radius 3 is 2.52 bits per heavy atom. The molecule has 0 unspecified atom stereocenters. The Kier molecular flexibility index (Phi) is 3.06. The van der Waals surface area contributed by atoms with E-state index in [-0.39, 0.29) is 0 Å². The number of aromatic amines is 1. The van der Waals surface area contributed by atoms with E-state index in [0.29, 0.717) is 0 Å². The van der Waals surface area contributed by atoms with Gasteiger partial charge in [0.1, 0.15) is 5.58 Å². The predicted molar refractivity (Wildman–Crippen MR) is 94.1 cm³/mol. The molecule has 0 spiro atoms. The Bertz CT molecular complexity index is 1030. The number of furan rings is 1. The summed E-state index contributed by atoms with van der Waals surface area (Å²) in [6, 6.07) is 20.4. The molecule has 0 aliphatic rings. The third kappa shape index (κ3) is 2.33. The lowest BCUT2D eigenvalue weighted by Crippen LogP contribution is -1.79. The molecule has 4 rings (SSSR count). The van der Waals surface area contributed by atoms with Crippen LogP contribution in [0.1, 0.15) is 11.1 Å². The minimum absolute atomic E-state index is 0.761. The normalized spacial score (nSPS) is 10.8. The van der Waals surface area contributed by atoms with Crippen LogP contribution in [0.25, 0.3) is 33.7 Å². The lowest BCUT2D eigenvalue weighted by molar-refractivity contribution is 0.628. The van der Waals surface area contributed by atoms with Crippen molar-refractivity contribution in [3.8, 4) is 35.1 Å². The van der Waals surface area contributed by atoms with Crippen molar-refractivity contribution in [1.29, 1.82) is 0 Å². The van der Waals surface area contributed by atoms with Gasteiger partial charge in [-0.1, -0.05) is 47.9 Å². The van der Waals surface area contributed by atoms with Gasteiger partial charge in [-0.3, -0.25) is 0 Å². The van der Waals surface area contributed by atoms with Gasteiger partial charge in [-0.15, -0.1) is 6.42 Å². The number of terminal acetylenes is 1. The van der Waals surface area contributed by atoms with Crippen molar-refractivity contribution in [1.82, 2.24) is 4.98 Å². The zero-order chi connectivity index (χ0) is 15.8. The van der Waals surface area contributed by atoms with Crippen LogP contribution in [-0.4, -0.2) is 4.98 Å². The highest BCUT2D eigenvalue weighted by Crippen LogP contribution is 2.31. The van der Waals surface area contributed by atoms with Gasteiger partial charge >= 0.3 is 0 Å². The van der Waals surface area contributed by atoms with Gasteiger partial charge in [-0.2, -0.15) is 0 Å². The number of benzene rings is 2. The first-order valence-corrected chi connectivity index (χ1v) is 7.50. The van der Waals surface area contributed by atoms with E-state index < -0.39 is 0 Å². The van der Waals surface area contributed by atoms with Gasteiger partial charge in [0.2, 0.25) is 0 Å². The number of nitrogens with one attached hydrogen (secondary N) is 1. The topological polar surface area (TPSA) is 28.9 Å². The summed E-state index contributed by atoms with van der Waals surface area (Å²) in [7, 11) is 0. The third-order valence-corrected chi connectivity index (χ3v) is 4.01. The van der Waals surface area contributed by atoms with Crippen LogP contribution in [0.3, 0.4) is 0 Å². The van der Waals surface area contributed by atoms with Crippen LogP contribution in [-0.2, 0) is 0 Å². The molecule has 23 heavy (non-hydrogen) atoms.